The molecule has 1 saturated carbocycles. The maximum atomic E-state index is 12.7. The van der Waals surface area contributed by atoms with Crippen LogP contribution in [0.25, 0.3) is 0 Å². The Balaban J connectivity index is 1.94. The largest absolute Gasteiger partial charge is 0.429 e. The Hall–Kier alpha value is -1.46. The van der Waals surface area contributed by atoms with Crippen LogP contribution in [0.15, 0.2) is 22.8 Å². The molecule has 0 amide bonds. The number of aliphatic hydroxyl groups excluding tert-OH is 2. The summed E-state index contributed by atoms with van der Waals surface area (Å²) < 4.78 is 4.74. The number of rotatable bonds is 3. The van der Waals surface area contributed by atoms with Crippen molar-refractivity contribution in [3.63, 3.8) is 0 Å². The van der Waals surface area contributed by atoms with Gasteiger partial charge in [-0.1, -0.05) is 32.8 Å². The third kappa shape index (κ3) is 2.87. The highest BCUT2D eigenvalue weighted by Gasteiger charge is 2.56. The quantitative estimate of drug-likeness (QED) is 0.766. The Labute approximate surface area is 148 Å². The van der Waals surface area contributed by atoms with E-state index < -0.39 is 18.4 Å². The number of carbonyl (C=O) groups is 2. The Morgan fingerprint density at radius 3 is 2.44 bits per heavy atom. The predicted octanol–water partition coefficient (Wildman–Crippen LogP) is 2.66. The summed E-state index contributed by atoms with van der Waals surface area (Å²) in [6.45, 7) is 8.22. The van der Waals surface area contributed by atoms with Crippen molar-refractivity contribution in [2.75, 3.05) is 0 Å². The number of cyclic esters (lactones) is 1. The molecule has 0 bridgehead atoms. The number of aliphatic hydroxyl groups is 2. The Bertz CT molecular complexity index is 672. The summed E-state index contributed by atoms with van der Waals surface area (Å²) in [6, 6.07) is 0. The molecule has 3 aliphatic rings. The summed E-state index contributed by atoms with van der Waals surface area (Å²) in [5, 5.41) is 20.1. The number of allylic oxidation sites excluding steroid dienone is 1. The second-order valence-corrected chi connectivity index (χ2v) is 8.64. The van der Waals surface area contributed by atoms with E-state index in [1.165, 1.54) is 6.08 Å². The molecule has 3 rings (SSSR count). The van der Waals surface area contributed by atoms with Crippen molar-refractivity contribution < 1.29 is 24.5 Å². The SMILES string of the molecule is CC1=C(CCC2=CC(O)OC2=O)C2(C)CCCC(C)(C)C2C(O)C1=O. The summed E-state index contributed by atoms with van der Waals surface area (Å²) in [5.41, 5.74) is 1.78. The molecule has 0 aromatic rings. The maximum absolute atomic E-state index is 12.7. The molecule has 25 heavy (non-hydrogen) atoms. The van der Waals surface area contributed by atoms with Gasteiger partial charge in [-0.3, -0.25) is 4.79 Å². The molecule has 4 atom stereocenters. The van der Waals surface area contributed by atoms with Crippen LogP contribution >= 0.6 is 0 Å². The van der Waals surface area contributed by atoms with Crippen LogP contribution < -0.4 is 0 Å². The van der Waals surface area contributed by atoms with E-state index in [4.69, 9.17) is 4.74 Å². The van der Waals surface area contributed by atoms with Crippen LogP contribution in [-0.4, -0.2) is 34.4 Å². The lowest BCUT2D eigenvalue weighted by Crippen LogP contribution is -2.55. The summed E-state index contributed by atoms with van der Waals surface area (Å²) in [4.78, 5) is 24.4. The van der Waals surface area contributed by atoms with E-state index in [1.807, 2.05) is 0 Å². The van der Waals surface area contributed by atoms with Gasteiger partial charge >= 0.3 is 5.97 Å². The minimum absolute atomic E-state index is 0.115. The molecule has 1 heterocycles. The van der Waals surface area contributed by atoms with E-state index in [9.17, 15) is 19.8 Å². The fourth-order valence-corrected chi connectivity index (χ4v) is 5.53. The standard InChI is InChI=1S/C20H28O5/c1-11-13(7-6-12-10-14(21)25-18(12)24)20(4)9-5-8-19(2,3)17(20)16(23)15(11)22/h10,14,16-17,21,23H,5-9H2,1-4H3. The van der Waals surface area contributed by atoms with Gasteiger partial charge in [0, 0.05) is 11.5 Å². The molecule has 0 radical (unpaired) electrons. The van der Waals surface area contributed by atoms with Gasteiger partial charge in [0.1, 0.15) is 6.10 Å². The van der Waals surface area contributed by atoms with Crippen molar-refractivity contribution in [2.45, 2.75) is 72.2 Å². The fourth-order valence-electron chi connectivity index (χ4n) is 5.53. The maximum Gasteiger partial charge on any atom is 0.336 e. The number of hydrogen-bond donors (Lipinski definition) is 2. The Morgan fingerprint density at radius 2 is 1.84 bits per heavy atom. The molecule has 1 aliphatic heterocycles. The molecule has 5 heteroatoms. The zero-order valence-electron chi connectivity index (χ0n) is 15.5. The van der Waals surface area contributed by atoms with Crippen LogP contribution in [0.5, 0.6) is 0 Å². The van der Waals surface area contributed by atoms with Crippen molar-refractivity contribution in [1.82, 2.24) is 0 Å². The molecule has 2 N–H and O–H groups in total. The lowest BCUT2D eigenvalue weighted by Gasteiger charge is -2.56. The highest BCUT2D eigenvalue weighted by Crippen LogP contribution is 2.59. The van der Waals surface area contributed by atoms with Crippen molar-refractivity contribution in [3.05, 3.63) is 22.8 Å². The Morgan fingerprint density at radius 1 is 1.16 bits per heavy atom. The number of fused-ring (bicyclic) bond motifs is 1. The summed E-state index contributed by atoms with van der Waals surface area (Å²) in [7, 11) is 0. The number of carbonyl (C=O) groups excluding carboxylic acids is 2. The fraction of sp³-hybridized carbons (Fsp3) is 0.700. The molecule has 0 spiro atoms. The van der Waals surface area contributed by atoms with Gasteiger partial charge in [-0.05, 0) is 55.1 Å². The first-order valence-corrected chi connectivity index (χ1v) is 9.10. The lowest BCUT2D eigenvalue weighted by molar-refractivity contribution is -0.151. The number of esters is 1. The van der Waals surface area contributed by atoms with Crippen LogP contribution in [0.3, 0.4) is 0 Å². The molecule has 5 nitrogen and oxygen atoms in total. The van der Waals surface area contributed by atoms with E-state index in [1.54, 1.807) is 6.92 Å². The van der Waals surface area contributed by atoms with E-state index in [-0.39, 0.29) is 22.5 Å². The average Bonchev–Trinajstić information content (AvgIpc) is 2.81. The number of Topliss-reactive ketones (excluding diaryl/α,β-unsaturated/α-hetero) is 1. The van der Waals surface area contributed by atoms with Crippen molar-refractivity contribution in [2.24, 2.45) is 16.7 Å². The lowest BCUT2D eigenvalue weighted by atomic mass is 9.48. The van der Waals surface area contributed by atoms with Gasteiger partial charge in [0.05, 0.1) is 0 Å². The summed E-state index contributed by atoms with van der Waals surface area (Å²) in [5.74, 6) is -0.788. The van der Waals surface area contributed by atoms with Gasteiger partial charge in [-0.2, -0.15) is 0 Å². The van der Waals surface area contributed by atoms with Crippen molar-refractivity contribution in [3.8, 4) is 0 Å². The first-order valence-electron chi connectivity index (χ1n) is 9.10. The third-order valence-corrected chi connectivity index (χ3v) is 6.62. The molecular formula is C20H28O5. The molecule has 0 aromatic heterocycles. The van der Waals surface area contributed by atoms with E-state index in [0.29, 0.717) is 24.0 Å². The van der Waals surface area contributed by atoms with Gasteiger partial charge in [-0.15, -0.1) is 0 Å². The van der Waals surface area contributed by atoms with Gasteiger partial charge in [0.15, 0.2) is 5.78 Å². The molecule has 1 fully saturated rings. The second kappa shape index (κ2) is 6.06. The number of hydrogen-bond acceptors (Lipinski definition) is 5. The summed E-state index contributed by atoms with van der Waals surface area (Å²) in [6.07, 6.45) is 3.31. The average molecular weight is 348 g/mol. The van der Waals surface area contributed by atoms with Crippen molar-refractivity contribution >= 4 is 11.8 Å². The second-order valence-electron chi connectivity index (χ2n) is 8.64. The number of ketones is 1. The van der Waals surface area contributed by atoms with Crippen LogP contribution in [0, 0.1) is 16.7 Å². The van der Waals surface area contributed by atoms with Gasteiger partial charge < -0.3 is 14.9 Å². The highest BCUT2D eigenvalue weighted by molar-refractivity contribution is 6.00. The molecule has 0 saturated heterocycles. The zero-order chi connectivity index (χ0) is 18.6. The minimum atomic E-state index is -1.16. The predicted molar refractivity (Wildman–Crippen MR) is 92.4 cm³/mol. The molecular weight excluding hydrogens is 320 g/mol. The smallest absolute Gasteiger partial charge is 0.336 e. The normalized spacial score (nSPS) is 37.7. The molecule has 138 valence electrons. The van der Waals surface area contributed by atoms with E-state index >= 15 is 0 Å². The minimum Gasteiger partial charge on any atom is -0.429 e. The molecule has 0 aromatic carbocycles. The monoisotopic (exact) mass is 348 g/mol. The van der Waals surface area contributed by atoms with Crippen LogP contribution in [0.1, 0.15) is 59.8 Å². The van der Waals surface area contributed by atoms with Crippen molar-refractivity contribution in [1.29, 1.82) is 0 Å². The molecule has 2 aliphatic carbocycles. The molecule has 4 unspecified atom stereocenters. The first-order chi connectivity index (χ1) is 11.6. The van der Waals surface area contributed by atoms with Crippen LogP contribution in [-0.2, 0) is 14.3 Å². The van der Waals surface area contributed by atoms with Crippen LogP contribution in [0.4, 0.5) is 0 Å². The summed E-state index contributed by atoms with van der Waals surface area (Å²) >= 11 is 0. The highest BCUT2D eigenvalue weighted by atomic mass is 16.6. The van der Waals surface area contributed by atoms with Gasteiger partial charge in [0.2, 0.25) is 6.29 Å². The first kappa shape index (κ1) is 18.3. The topological polar surface area (TPSA) is 83.8 Å². The number of ether oxygens (including phenoxy) is 1. The van der Waals surface area contributed by atoms with Gasteiger partial charge in [-0.25, -0.2) is 4.79 Å². The van der Waals surface area contributed by atoms with Gasteiger partial charge in [0.25, 0.3) is 0 Å². The zero-order valence-corrected chi connectivity index (χ0v) is 15.5. The van der Waals surface area contributed by atoms with Crippen LogP contribution in [0.2, 0.25) is 0 Å². The Kier molecular flexibility index (Phi) is 4.44. The van der Waals surface area contributed by atoms with E-state index in [0.717, 1.165) is 24.8 Å². The van der Waals surface area contributed by atoms with E-state index in [2.05, 4.69) is 20.8 Å². The third-order valence-electron chi connectivity index (χ3n) is 6.62.